The lowest BCUT2D eigenvalue weighted by Crippen LogP contribution is -2.10. The number of benzene rings is 2. The normalized spacial score (nSPS) is 12.0. The van der Waals surface area contributed by atoms with Gasteiger partial charge in [0.1, 0.15) is 17.3 Å². The van der Waals surface area contributed by atoms with Gasteiger partial charge in [-0.25, -0.2) is 9.18 Å². The number of nitrogens with one attached hydrogen (secondary N) is 1. The second kappa shape index (κ2) is 8.74. The molecular weight excluding hydrogens is 357 g/mol. The van der Waals surface area contributed by atoms with E-state index in [0.717, 1.165) is 36.0 Å². The minimum absolute atomic E-state index is 0.0546. The average Bonchev–Trinajstić information content (AvgIpc) is 3.04. The van der Waals surface area contributed by atoms with Crippen LogP contribution >= 0.6 is 0 Å². The van der Waals surface area contributed by atoms with Gasteiger partial charge in [-0.3, -0.25) is 0 Å². The van der Waals surface area contributed by atoms with Crippen LogP contribution in [0.5, 0.6) is 0 Å². The van der Waals surface area contributed by atoms with Crippen LogP contribution in [0.1, 0.15) is 35.0 Å². The second-order valence-electron chi connectivity index (χ2n) is 7.08. The Labute approximate surface area is 164 Å². The fourth-order valence-electron chi connectivity index (χ4n) is 3.19. The molecule has 3 rings (SSSR count). The highest BCUT2D eigenvalue weighted by atomic mass is 19.1. The molecule has 4 nitrogen and oxygen atoms in total. The van der Waals surface area contributed by atoms with Crippen molar-refractivity contribution in [3.63, 3.8) is 0 Å². The Bertz CT molecular complexity index is 950. The smallest absolute Gasteiger partial charge is 0.335 e. The molecule has 0 aliphatic carbocycles. The van der Waals surface area contributed by atoms with Crippen LogP contribution in [0.15, 0.2) is 59.0 Å². The Morgan fingerprint density at radius 1 is 1.18 bits per heavy atom. The molecule has 0 saturated heterocycles. The van der Waals surface area contributed by atoms with Crippen LogP contribution in [-0.4, -0.2) is 17.6 Å². The summed E-state index contributed by atoms with van der Waals surface area (Å²) in [5.41, 5.74) is 2.51. The van der Waals surface area contributed by atoms with Crippen LogP contribution in [0.25, 0.3) is 11.3 Å². The molecule has 1 unspecified atom stereocenters. The number of carboxylic acid groups (broad SMARTS) is 1. The highest BCUT2D eigenvalue weighted by Crippen LogP contribution is 2.27. The molecule has 2 N–H and O–H groups in total. The molecule has 0 saturated carbocycles. The maximum absolute atomic E-state index is 14.0. The van der Waals surface area contributed by atoms with E-state index < -0.39 is 11.8 Å². The molecule has 28 heavy (non-hydrogen) atoms. The first-order chi connectivity index (χ1) is 13.4. The summed E-state index contributed by atoms with van der Waals surface area (Å²) in [6, 6.07) is 16.0. The first-order valence-corrected chi connectivity index (χ1v) is 9.35. The van der Waals surface area contributed by atoms with E-state index in [2.05, 4.69) is 18.3 Å². The monoisotopic (exact) mass is 381 g/mol. The Hall–Kier alpha value is -3.08. The lowest BCUT2D eigenvalue weighted by Gasteiger charge is -2.13. The number of aromatic carboxylic acids is 1. The fourth-order valence-corrected chi connectivity index (χ4v) is 3.19. The molecule has 0 bridgehead atoms. The molecule has 1 heterocycles. The van der Waals surface area contributed by atoms with E-state index in [9.17, 15) is 9.18 Å². The predicted octanol–water partition coefficient (Wildman–Crippen LogP) is 5.77. The highest BCUT2D eigenvalue weighted by Gasteiger charge is 2.13. The molecule has 0 aliphatic rings. The quantitative estimate of drug-likeness (QED) is 0.520. The summed E-state index contributed by atoms with van der Waals surface area (Å²) >= 11 is 0. The van der Waals surface area contributed by atoms with Crippen LogP contribution in [0, 0.1) is 18.7 Å². The van der Waals surface area contributed by atoms with Gasteiger partial charge < -0.3 is 14.8 Å². The number of hydrogen-bond donors (Lipinski definition) is 2. The average molecular weight is 381 g/mol. The number of carboxylic acids is 1. The first-order valence-electron chi connectivity index (χ1n) is 9.35. The van der Waals surface area contributed by atoms with Crippen molar-refractivity contribution in [2.75, 3.05) is 11.9 Å². The Morgan fingerprint density at radius 3 is 2.61 bits per heavy atom. The van der Waals surface area contributed by atoms with Crippen molar-refractivity contribution in [3.05, 3.63) is 77.3 Å². The van der Waals surface area contributed by atoms with E-state index in [1.165, 1.54) is 17.7 Å². The molecule has 3 aromatic rings. The maximum Gasteiger partial charge on any atom is 0.335 e. The van der Waals surface area contributed by atoms with Gasteiger partial charge in [-0.1, -0.05) is 37.3 Å². The number of halogens is 1. The lowest BCUT2D eigenvalue weighted by molar-refractivity contribution is 0.0696. The van der Waals surface area contributed by atoms with Crippen LogP contribution in [0.2, 0.25) is 0 Å². The zero-order valence-electron chi connectivity index (χ0n) is 16.0. The number of aryl methyl sites for hydroxylation is 1. The standard InChI is InChI=1S/C23H24FNO3/c1-15(10-11-25-21-9-8-18(23(26)27)13-20(21)24)12-19-14-22(28-16(19)2)17-6-4-3-5-7-17/h3-9,13-15,25H,10-12H2,1-2H3,(H,26,27). The van der Waals surface area contributed by atoms with Gasteiger partial charge in [-0.05, 0) is 55.5 Å². The Morgan fingerprint density at radius 2 is 1.93 bits per heavy atom. The molecule has 0 fully saturated rings. The molecule has 0 aliphatic heterocycles. The number of anilines is 1. The summed E-state index contributed by atoms with van der Waals surface area (Å²) in [6.07, 6.45) is 1.73. The van der Waals surface area contributed by atoms with E-state index in [-0.39, 0.29) is 5.56 Å². The van der Waals surface area contributed by atoms with Crippen LogP contribution in [-0.2, 0) is 6.42 Å². The van der Waals surface area contributed by atoms with Crippen molar-refractivity contribution in [2.24, 2.45) is 5.92 Å². The van der Waals surface area contributed by atoms with Gasteiger partial charge in [0.15, 0.2) is 0 Å². The molecule has 0 spiro atoms. The third-order valence-electron chi connectivity index (χ3n) is 4.82. The van der Waals surface area contributed by atoms with Crippen molar-refractivity contribution in [1.29, 1.82) is 0 Å². The number of hydrogen-bond acceptors (Lipinski definition) is 3. The number of furan rings is 1. The predicted molar refractivity (Wildman–Crippen MR) is 108 cm³/mol. The van der Waals surface area contributed by atoms with E-state index in [0.29, 0.717) is 18.2 Å². The van der Waals surface area contributed by atoms with Gasteiger partial charge in [-0.2, -0.15) is 0 Å². The van der Waals surface area contributed by atoms with E-state index >= 15 is 0 Å². The summed E-state index contributed by atoms with van der Waals surface area (Å²) in [5, 5.41) is 11.9. The van der Waals surface area contributed by atoms with E-state index in [1.807, 2.05) is 37.3 Å². The van der Waals surface area contributed by atoms with Gasteiger partial charge in [0, 0.05) is 12.1 Å². The zero-order chi connectivity index (χ0) is 20.1. The first kappa shape index (κ1) is 19.7. The summed E-state index contributed by atoms with van der Waals surface area (Å²) < 4.78 is 19.9. The minimum Gasteiger partial charge on any atom is -0.478 e. The van der Waals surface area contributed by atoms with Gasteiger partial charge in [0.05, 0.1) is 11.3 Å². The van der Waals surface area contributed by atoms with Gasteiger partial charge in [0.2, 0.25) is 0 Å². The zero-order valence-corrected chi connectivity index (χ0v) is 16.0. The lowest BCUT2D eigenvalue weighted by atomic mass is 9.98. The SMILES string of the molecule is Cc1oc(-c2ccccc2)cc1CC(C)CCNc1ccc(C(=O)O)cc1F. The van der Waals surface area contributed by atoms with Crippen molar-refractivity contribution in [1.82, 2.24) is 0 Å². The summed E-state index contributed by atoms with van der Waals surface area (Å²) in [6.45, 7) is 4.74. The van der Waals surface area contributed by atoms with Crippen molar-refractivity contribution < 1.29 is 18.7 Å². The molecule has 2 aromatic carbocycles. The minimum atomic E-state index is -1.13. The van der Waals surface area contributed by atoms with Crippen molar-refractivity contribution >= 4 is 11.7 Å². The largest absolute Gasteiger partial charge is 0.478 e. The van der Waals surface area contributed by atoms with Crippen LogP contribution in [0.4, 0.5) is 10.1 Å². The fraction of sp³-hybridized carbons (Fsp3) is 0.261. The molecule has 5 heteroatoms. The molecule has 1 atom stereocenters. The number of carbonyl (C=O) groups is 1. The number of rotatable bonds is 8. The van der Waals surface area contributed by atoms with Gasteiger partial charge in [0.25, 0.3) is 0 Å². The molecule has 146 valence electrons. The Balaban J connectivity index is 1.54. The highest BCUT2D eigenvalue weighted by molar-refractivity contribution is 5.88. The van der Waals surface area contributed by atoms with Gasteiger partial charge >= 0.3 is 5.97 Å². The third-order valence-corrected chi connectivity index (χ3v) is 4.82. The molecule has 1 aromatic heterocycles. The molecule has 0 amide bonds. The topological polar surface area (TPSA) is 62.5 Å². The van der Waals surface area contributed by atoms with Crippen LogP contribution in [0.3, 0.4) is 0 Å². The summed E-state index contributed by atoms with van der Waals surface area (Å²) in [7, 11) is 0. The van der Waals surface area contributed by atoms with Gasteiger partial charge in [-0.15, -0.1) is 0 Å². The van der Waals surface area contributed by atoms with Crippen molar-refractivity contribution in [2.45, 2.75) is 26.7 Å². The van der Waals surface area contributed by atoms with E-state index in [4.69, 9.17) is 9.52 Å². The summed E-state index contributed by atoms with van der Waals surface area (Å²) in [4.78, 5) is 10.9. The third kappa shape index (κ3) is 4.80. The van der Waals surface area contributed by atoms with Crippen molar-refractivity contribution in [3.8, 4) is 11.3 Å². The van der Waals surface area contributed by atoms with E-state index in [1.54, 1.807) is 0 Å². The molecule has 0 radical (unpaired) electrons. The van der Waals surface area contributed by atoms with Crippen LogP contribution < -0.4 is 5.32 Å². The summed E-state index contributed by atoms with van der Waals surface area (Å²) in [5.74, 6) is 0.497. The maximum atomic E-state index is 14.0. The molecular formula is C23H24FNO3. The Kier molecular flexibility index (Phi) is 6.14. The second-order valence-corrected chi connectivity index (χ2v) is 7.08.